The summed E-state index contributed by atoms with van der Waals surface area (Å²) in [6, 6.07) is -0.0480. The highest BCUT2D eigenvalue weighted by atomic mass is 127. The van der Waals surface area contributed by atoms with Crippen LogP contribution in [0.3, 0.4) is 0 Å². The van der Waals surface area contributed by atoms with Crippen LogP contribution < -0.4 is 10.6 Å². The third-order valence-corrected chi connectivity index (χ3v) is 5.24. The summed E-state index contributed by atoms with van der Waals surface area (Å²) in [6.07, 6.45) is 0. The number of aromatic nitrogens is 1. The van der Waals surface area contributed by atoms with Crippen molar-refractivity contribution in [3.63, 3.8) is 0 Å². The summed E-state index contributed by atoms with van der Waals surface area (Å²) in [5.41, 5.74) is 0.709. The second kappa shape index (κ2) is 14.1. The summed E-state index contributed by atoms with van der Waals surface area (Å²) in [6.45, 7) is 16.9. The Kier molecular flexibility index (Phi) is 13.6. The maximum Gasteiger partial charge on any atom is 0.350 e. The molecule has 1 rings (SSSR count). The number of rotatable bonds is 10. The molecular weight excluding hydrogens is 477 g/mol. The molecule has 0 amide bonds. The number of likely N-dealkylation sites (N-methyl/N-ethyl adjacent to an activating group) is 1. The predicted octanol–water partition coefficient (Wildman–Crippen LogP) is 3.20. The Bertz CT molecular complexity index is 590. The van der Waals surface area contributed by atoms with Crippen LogP contribution >= 0.6 is 35.3 Å². The van der Waals surface area contributed by atoms with Gasteiger partial charge in [0.1, 0.15) is 9.88 Å². The molecule has 2 N–H and O–H groups in total. The summed E-state index contributed by atoms with van der Waals surface area (Å²) in [5.74, 6) is 0.457. The van der Waals surface area contributed by atoms with Crippen molar-refractivity contribution in [3.05, 3.63) is 15.6 Å². The van der Waals surface area contributed by atoms with Crippen LogP contribution in [0.4, 0.5) is 0 Å². The van der Waals surface area contributed by atoms with Crippen molar-refractivity contribution in [3.8, 4) is 0 Å². The average molecular weight is 511 g/mol. The van der Waals surface area contributed by atoms with Crippen molar-refractivity contribution in [2.45, 2.75) is 47.6 Å². The number of hydrogen-bond donors (Lipinski definition) is 2. The summed E-state index contributed by atoms with van der Waals surface area (Å²) < 4.78 is 5.09. The minimum absolute atomic E-state index is 0. The molecule has 156 valence electrons. The first-order valence-corrected chi connectivity index (χ1v) is 10.2. The van der Waals surface area contributed by atoms with Gasteiger partial charge in [0.15, 0.2) is 5.96 Å². The Hall–Kier alpha value is -0.940. The Morgan fingerprint density at radius 1 is 1.30 bits per heavy atom. The van der Waals surface area contributed by atoms with Gasteiger partial charge in [-0.25, -0.2) is 9.78 Å². The molecule has 1 unspecified atom stereocenters. The van der Waals surface area contributed by atoms with Gasteiger partial charge in [0.05, 0.1) is 24.9 Å². The maximum absolute atomic E-state index is 12.0. The van der Waals surface area contributed by atoms with Gasteiger partial charge in [-0.05, 0) is 40.8 Å². The van der Waals surface area contributed by atoms with E-state index in [1.807, 2.05) is 20.8 Å². The van der Waals surface area contributed by atoms with Crippen molar-refractivity contribution >= 4 is 47.2 Å². The van der Waals surface area contributed by atoms with Crippen LogP contribution in [0.5, 0.6) is 0 Å². The zero-order chi connectivity index (χ0) is 19.5. The van der Waals surface area contributed by atoms with Gasteiger partial charge in [0.25, 0.3) is 0 Å². The van der Waals surface area contributed by atoms with Crippen molar-refractivity contribution < 1.29 is 9.53 Å². The van der Waals surface area contributed by atoms with E-state index in [2.05, 4.69) is 39.4 Å². The SMILES string of the molecule is CCNC(=NCCN(CC)CC)NC(C)c1nc(C)c(C(=O)OCC)s1.I. The van der Waals surface area contributed by atoms with E-state index < -0.39 is 0 Å². The van der Waals surface area contributed by atoms with Crippen LogP contribution in [0.15, 0.2) is 4.99 Å². The van der Waals surface area contributed by atoms with Gasteiger partial charge < -0.3 is 20.3 Å². The number of aliphatic imine (C=N–C) groups is 1. The lowest BCUT2D eigenvalue weighted by Gasteiger charge is -2.18. The molecule has 1 atom stereocenters. The number of guanidine groups is 1. The standard InChI is InChI=1S/C18H33N5O2S.HI/c1-7-19-18(20-11-12-23(8-2)9-3)22-14(6)16-21-13(5)15(26-16)17(24)25-10-4;/h14H,7-12H2,1-6H3,(H2,19,20,22);1H. The van der Waals surface area contributed by atoms with Crippen molar-refractivity contribution in [2.75, 3.05) is 39.3 Å². The monoisotopic (exact) mass is 511 g/mol. The molecule has 0 aliphatic heterocycles. The lowest BCUT2D eigenvalue weighted by atomic mass is 10.3. The summed E-state index contributed by atoms with van der Waals surface area (Å²) in [5, 5.41) is 7.48. The molecule has 1 heterocycles. The van der Waals surface area contributed by atoms with Crippen molar-refractivity contribution in [1.82, 2.24) is 20.5 Å². The fourth-order valence-corrected chi connectivity index (χ4v) is 3.38. The number of esters is 1. The molecule has 1 aromatic heterocycles. The third-order valence-electron chi connectivity index (χ3n) is 3.92. The number of nitrogens with one attached hydrogen (secondary N) is 2. The second-order valence-corrected chi connectivity index (χ2v) is 6.87. The van der Waals surface area contributed by atoms with Crippen LogP contribution in [0.25, 0.3) is 0 Å². The fraction of sp³-hybridized carbons (Fsp3) is 0.722. The van der Waals surface area contributed by atoms with E-state index in [1.165, 1.54) is 11.3 Å². The van der Waals surface area contributed by atoms with E-state index in [9.17, 15) is 4.79 Å². The van der Waals surface area contributed by atoms with Gasteiger partial charge in [-0.1, -0.05) is 13.8 Å². The molecule has 1 aromatic rings. The minimum atomic E-state index is -0.305. The van der Waals surface area contributed by atoms with E-state index in [1.54, 1.807) is 6.92 Å². The smallest absolute Gasteiger partial charge is 0.350 e. The van der Waals surface area contributed by atoms with Crippen LogP contribution in [0, 0.1) is 6.92 Å². The normalized spacial score (nSPS) is 12.5. The number of carbonyl (C=O) groups is 1. The molecule has 0 aromatic carbocycles. The molecule has 9 heteroatoms. The number of hydrogen-bond acceptors (Lipinski definition) is 6. The van der Waals surface area contributed by atoms with Crippen LogP contribution in [0.2, 0.25) is 0 Å². The third kappa shape index (κ3) is 8.73. The first-order valence-electron chi connectivity index (χ1n) is 9.38. The van der Waals surface area contributed by atoms with Crippen LogP contribution in [0.1, 0.15) is 61.0 Å². The van der Waals surface area contributed by atoms with Crippen LogP contribution in [-0.4, -0.2) is 61.1 Å². The Morgan fingerprint density at radius 2 is 1.96 bits per heavy atom. The molecule has 0 spiro atoms. The Morgan fingerprint density at radius 3 is 2.52 bits per heavy atom. The van der Waals surface area contributed by atoms with Gasteiger partial charge in [0.2, 0.25) is 0 Å². The predicted molar refractivity (Wildman–Crippen MR) is 124 cm³/mol. The Balaban J connectivity index is 0.00000676. The van der Waals surface area contributed by atoms with Crippen molar-refractivity contribution in [1.29, 1.82) is 0 Å². The number of halogens is 1. The quantitative estimate of drug-likeness (QED) is 0.218. The largest absolute Gasteiger partial charge is 0.462 e. The lowest BCUT2D eigenvalue weighted by molar-refractivity contribution is 0.0531. The number of aryl methyl sites for hydroxylation is 1. The molecule has 0 aliphatic carbocycles. The van der Waals surface area contributed by atoms with Gasteiger partial charge in [-0.15, -0.1) is 35.3 Å². The first kappa shape index (κ1) is 26.1. The second-order valence-electron chi connectivity index (χ2n) is 5.84. The summed E-state index contributed by atoms with van der Waals surface area (Å²) >= 11 is 1.37. The first-order chi connectivity index (χ1) is 12.5. The highest BCUT2D eigenvalue weighted by molar-refractivity contribution is 14.0. The lowest BCUT2D eigenvalue weighted by Crippen LogP contribution is -2.39. The maximum atomic E-state index is 12.0. The van der Waals surface area contributed by atoms with Gasteiger partial charge in [-0.2, -0.15) is 0 Å². The molecule has 0 bridgehead atoms. The van der Waals surface area contributed by atoms with Crippen molar-refractivity contribution in [2.24, 2.45) is 4.99 Å². The molecule has 0 aliphatic rings. The molecule has 27 heavy (non-hydrogen) atoms. The fourth-order valence-electron chi connectivity index (χ4n) is 2.42. The van der Waals surface area contributed by atoms with Gasteiger partial charge in [0, 0.05) is 13.1 Å². The number of thiazole rings is 1. The zero-order valence-electron chi connectivity index (χ0n) is 17.3. The van der Waals surface area contributed by atoms with E-state index in [0.717, 1.165) is 43.7 Å². The van der Waals surface area contributed by atoms with E-state index in [0.29, 0.717) is 17.2 Å². The molecule has 0 radical (unpaired) electrons. The summed E-state index contributed by atoms with van der Waals surface area (Å²) in [7, 11) is 0. The molecular formula is C18H34IN5O2S. The average Bonchev–Trinajstić information content (AvgIpc) is 3.01. The van der Waals surface area contributed by atoms with Crippen LogP contribution in [-0.2, 0) is 4.74 Å². The van der Waals surface area contributed by atoms with E-state index >= 15 is 0 Å². The van der Waals surface area contributed by atoms with E-state index in [4.69, 9.17) is 4.74 Å². The molecule has 0 saturated heterocycles. The molecule has 0 saturated carbocycles. The summed E-state index contributed by atoms with van der Waals surface area (Å²) in [4.78, 5) is 24.1. The Labute approximate surface area is 184 Å². The highest BCUT2D eigenvalue weighted by Crippen LogP contribution is 2.24. The number of nitrogens with zero attached hydrogens (tertiary/aromatic N) is 3. The molecule has 0 fully saturated rings. The number of ether oxygens (including phenoxy) is 1. The van der Waals surface area contributed by atoms with Gasteiger partial charge >= 0.3 is 5.97 Å². The van der Waals surface area contributed by atoms with E-state index in [-0.39, 0.29) is 36.0 Å². The number of carbonyl (C=O) groups excluding carboxylic acids is 1. The molecule has 7 nitrogen and oxygen atoms in total. The van der Waals surface area contributed by atoms with Gasteiger partial charge in [-0.3, -0.25) is 4.99 Å². The zero-order valence-corrected chi connectivity index (χ0v) is 20.4. The topological polar surface area (TPSA) is 78.9 Å². The highest BCUT2D eigenvalue weighted by Gasteiger charge is 2.20. The minimum Gasteiger partial charge on any atom is -0.462 e.